The minimum atomic E-state index is -4.53. The maximum atomic E-state index is 12.6. The van der Waals surface area contributed by atoms with Gasteiger partial charge in [-0.3, -0.25) is 0 Å². The molecule has 0 N–H and O–H groups in total. The zero-order chi connectivity index (χ0) is 20.8. The van der Waals surface area contributed by atoms with E-state index in [1.807, 2.05) is 0 Å². The molecule has 0 aliphatic carbocycles. The number of nitrogens with zero attached hydrogens (tertiary/aromatic N) is 3. The molecular weight excluding hydrogens is 431 g/mol. The predicted molar refractivity (Wildman–Crippen MR) is 97.7 cm³/mol. The number of halogens is 4. The average molecular weight is 444 g/mol. The second-order valence-electron chi connectivity index (χ2n) is 6.51. The summed E-state index contributed by atoms with van der Waals surface area (Å²) in [5.41, 5.74) is -0.238. The van der Waals surface area contributed by atoms with Crippen molar-refractivity contribution in [3.05, 3.63) is 65.0 Å². The summed E-state index contributed by atoms with van der Waals surface area (Å²) in [7, 11) is -3.90. The van der Waals surface area contributed by atoms with Gasteiger partial charge in [0.25, 0.3) is 0 Å². The lowest BCUT2D eigenvalue weighted by atomic mass is 10.0. The highest BCUT2D eigenvalue weighted by atomic mass is 35.5. The minimum Gasteiger partial charge on any atom is -0.339 e. The molecule has 2 heterocycles. The Labute approximate surface area is 169 Å². The summed E-state index contributed by atoms with van der Waals surface area (Å²) >= 11 is 5.94. The van der Waals surface area contributed by atoms with E-state index in [-0.39, 0.29) is 23.9 Å². The first-order valence-corrected chi connectivity index (χ1v) is 10.2. The number of sulfonamides is 1. The van der Waals surface area contributed by atoms with Crippen molar-refractivity contribution < 1.29 is 26.1 Å². The van der Waals surface area contributed by atoms with Gasteiger partial charge in [-0.1, -0.05) is 28.9 Å². The molecule has 0 bridgehead atoms. The molecule has 0 amide bonds. The fourth-order valence-electron chi connectivity index (χ4n) is 2.90. The van der Waals surface area contributed by atoms with Crippen LogP contribution in [0, 0.1) is 0 Å². The van der Waals surface area contributed by atoms with Crippen LogP contribution >= 0.6 is 11.6 Å². The molecule has 3 aromatic rings. The number of alkyl halides is 3. The van der Waals surface area contributed by atoms with Gasteiger partial charge in [-0.15, -0.1) is 0 Å². The molecule has 1 saturated heterocycles. The van der Waals surface area contributed by atoms with E-state index < -0.39 is 21.8 Å². The summed E-state index contributed by atoms with van der Waals surface area (Å²) in [6.45, 7) is 0.196. The highest BCUT2D eigenvalue weighted by Crippen LogP contribution is 2.34. The third kappa shape index (κ3) is 3.87. The number of hydrogen-bond acceptors (Lipinski definition) is 5. The molecule has 4 rings (SSSR count). The Hall–Kier alpha value is -2.43. The van der Waals surface area contributed by atoms with E-state index in [2.05, 4.69) is 10.1 Å². The molecule has 1 fully saturated rings. The summed E-state index contributed by atoms with van der Waals surface area (Å²) in [6.07, 6.45) is -4.53. The Morgan fingerprint density at radius 1 is 1.10 bits per heavy atom. The molecule has 2 aromatic carbocycles. The van der Waals surface area contributed by atoms with Crippen LogP contribution in [0.5, 0.6) is 0 Å². The molecule has 1 aliphatic rings. The maximum Gasteiger partial charge on any atom is 0.416 e. The van der Waals surface area contributed by atoms with Crippen LogP contribution in [-0.2, 0) is 16.2 Å². The summed E-state index contributed by atoms with van der Waals surface area (Å²) < 4.78 is 69.5. The first-order chi connectivity index (χ1) is 13.6. The van der Waals surface area contributed by atoms with E-state index in [1.165, 1.54) is 0 Å². The van der Waals surface area contributed by atoms with Gasteiger partial charge in [0.1, 0.15) is 0 Å². The number of benzene rings is 2. The lowest BCUT2D eigenvalue weighted by molar-refractivity contribution is -0.137. The van der Waals surface area contributed by atoms with Gasteiger partial charge in [-0.2, -0.15) is 22.5 Å². The Morgan fingerprint density at radius 3 is 2.41 bits per heavy atom. The molecule has 0 saturated carbocycles. The van der Waals surface area contributed by atoms with Gasteiger partial charge in [-0.05, 0) is 36.4 Å². The van der Waals surface area contributed by atoms with Crippen molar-refractivity contribution in [2.24, 2.45) is 0 Å². The van der Waals surface area contributed by atoms with E-state index in [9.17, 15) is 21.6 Å². The van der Waals surface area contributed by atoms with Gasteiger partial charge < -0.3 is 4.52 Å². The summed E-state index contributed by atoms with van der Waals surface area (Å²) in [4.78, 5) is 4.09. The molecule has 11 heteroatoms. The predicted octanol–water partition coefficient (Wildman–Crippen LogP) is 4.20. The fraction of sp³-hybridized carbons (Fsp3) is 0.222. The van der Waals surface area contributed by atoms with Crippen LogP contribution in [0.3, 0.4) is 0 Å². The molecular formula is C18H13ClF3N3O3S. The van der Waals surface area contributed by atoms with Crippen LogP contribution in [0.4, 0.5) is 13.2 Å². The van der Waals surface area contributed by atoms with Gasteiger partial charge in [-0.25, -0.2) is 8.42 Å². The van der Waals surface area contributed by atoms with Crippen LogP contribution in [-0.4, -0.2) is 36.0 Å². The van der Waals surface area contributed by atoms with Crippen molar-refractivity contribution in [3.8, 4) is 11.4 Å². The maximum absolute atomic E-state index is 12.6. The fourth-order valence-corrected chi connectivity index (χ4v) is 4.62. The largest absolute Gasteiger partial charge is 0.416 e. The minimum absolute atomic E-state index is 0.0978. The van der Waals surface area contributed by atoms with E-state index in [1.54, 1.807) is 24.3 Å². The second kappa shape index (κ2) is 7.12. The molecule has 1 aromatic heterocycles. The van der Waals surface area contributed by atoms with Crippen molar-refractivity contribution in [2.45, 2.75) is 17.0 Å². The number of rotatable bonds is 4. The summed E-state index contributed by atoms with van der Waals surface area (Å²) in [5.74, 6) is 0.338. The van der Waals surface area contributed by atoms with Gasteiger partial charge in [0.15, 0.2) is 0 Å². The Balaban J connectivity index is 1.45. The third-order valence-electron chi connectivity index (χ3n) is 4.54. The molecule has 6 nitrogen and oxygen atoms in total. The van der Waals surface area contributed by atoms with Gasteiger partial charge in [0.05, 0.1) is 16.4 Å². The Kier molecular flexibility index (Phi) is 4.88. The van der Waals surface area contributed by atoms with Crippen LogP contribution in [0.25, 0.3) is 11.4 Å². The van der Waals surface area contributed by atoms with Crippen molar-refractivity contribution in [2.75, 3.05) is 13.1 Å². The van der Waals surface area contributed by atoms with Crippen molar-refractivity contribution in [1.82, 2.24) is 14.4 Å². The highest BCUT2D eigenvalue weighted by molar-refractivity contribution is 7.89. The second-order valence-corrected chi connectivity index (χ2v) is 8.88. The standard InChI is InChI=1S/C18H13ClF3N3O3S/c19-14-3-1-2-11(8-14)16-23-17(28-24-16)12-9-25(10-12)29(26,27)15-6-4-13(5-7-15)18(20,21)22/h1-8,12H,9-10H2. The molecule has 1 aliphatic heterocycles. The average Bonchev–Trinajstić information content (AvgIpc) is 3.09. The lowest BCUT2D eigenvalue weighted by Crippen LogP contribution is -2.48. The first-order valence-electron chi connectivity index (χ1n) is 8.41. The lowest BCUT2D eigenvalue weighted by Gasteiger charge is -2.35. The zero-order valence-corrected chi connectivity index (χ0v) is 16.2. The zero-order valence-electron chi connectivity index (χ0n) is 14.6. The normalized spacial score (nSPS) is 16.0. The number of aromatic nitrogens is 2. The van der Waals surface area contributed by atoms with E-state index in [0.717, 1.165) is 28.6 Å². The quantitative estimate of drug-likeness (QED) is 0.604. The Morgan fingerprint density at radius 2 is 1.79 bits per heavy atom. The molecule has 0 spiro atoms. The van der Waals surface area contributed by atoms with E-state index in [4.69, 9.17) is 16.1 Å². The van der Waals surface area contributed by atoms with Gasteiger partial charge in [0, 0.05) is 23.7 Å². The van der Waals surface area contributed by atoms with Crippen LogP contribution < -0.4 is 0 Å². The molecule has 0 radical (unpaired) electrons. The molecule has 29 heavy (non-hydrogen) atoms. The summed E-state index contributed by atoms with van der Waals surface area (Å²) in [5, 5.41) is 4.41. The van der Waals surface area contributed by atoms with Gasteiger partial charge >= 0.3 is 6.18 Å². The Bertz CT molecular complexity index is 1140. The number of hydrogen-bond donors (Lipinski definition) is 0. The topological polar surface area (TPSA) is 76.3 Å². The van der Waals surface area contributed by atoms with E-state index in [0.29, 0.717) is 22.3 Å². The molecule has 152 valence electrons. The highest BCUT2D eigenvalue weighted by Gasteiger charge is 2.41. The van der Waals surface area contributed by atoms with Gasteiger partial charge in [0.2, 0.25) is 21.7 Å². The molecule has 0 unspecified atom stereocenters. The van der Waals surface area contributed by atoms with Crippen LogP contribution in [0.2, 0.25) is 5.02 Å². The van der Waals surface area contributed by atoms with Crippen LogP contribution in [0.15, 0.2) is 57.9 Å². The van der Waals surface area contributed by atoms with Crippen LogP contribution in [0.1, 0.15) is 17.4 Å². The molecule has 0 atom stereocenters. The third-order valence-corrected chi connectivity index (χ3v) is 6.62. The monoisotopic (exact) mass is 443 g/mol. The summed E-state index contributed by atoms with van der Waals surface area (Å²) in [6, 6.07) is 10.3. The van der Waals surface area contributed by atoms with Crippen molar-refractivity contribution in [3.63, 3.8) is 0 Å². The van der Waals surface area contributed by atoms with E-state index >= 15 is 0 Å². The SMILES string of the molecule is O=S(=O)(c1ccc(C(F)(F)F)cc1)N1CC(c2nc(-c3cccc(Cl)c3)no2)C1. The first kappa shape index (κ1) is 19.9. The van der Waals surface area contributed by atoms with Crippen molar-refractivity contribution >= 4 is 21.6 Å². The van der Waals surface area contributed by atoms with Crippen molar-refractivity contribution in [1.29, 1.82) is 0 Å². The smallest absolute Gasteiger partial charge is 0.339 e.